The zero-order chi connectivity index (χ0) is 9.36. The minimum Gasteiger partial charge on any atom is -0.279 e. The molecule has 70 valence electrons. The van der Waals surface area contributed by atoms with Gasteiger partial charge >= 0.3 is 0 Å². The summed E-state index contributed by atoms with van der Waals surface area (Å²) in [7, 11) is 0. The first-order valence-corrected chi connectivity index (χ1v) is 4.85. The van der Waals surface area contributed by atoms with Crippen molar-refractivity contribution in [2.75, 3.05) is 11.3 Å². The van der Waals surface area contributed by atoms with Crippen molar-refractivity contribution in [3.8, 4) is 0 Å². The van der Waals surface area contributed by atoms with E-state index >= 15 is 0 Å². The molecule has 0 saturated heterocycles. The number of nitrogens with one attached hydrogen (secondary N) is 1. The topological polar surface area (TPSA) is 24.4 Å². The summed E-state index contributed by atoms with van der Waals surface area (Å²) in [4.78, 5) is 0. The van der Waals surface area contributed by atoms with Crippen molar-refractivity contribution >= 4 is 23.5 Å². The summed E-state index contributed by atoms with van der Waals surface area (Å²) in [5, 5.41) is 4.05. The second-order valence-electron chi connectivity index (χ2n) is 2.62. The first-order valence-electron chi connectivity index (χ1n) is 4.32. The van der Waals surface area contributed by atoms with E-state index in [0.29, 0.717) is 5.88 Å². The molecule has 0 radical (unpaired) electrons. The van der Waals surface area contributed by atoms with E-state index in [0.717, 1.165) is 18.5 Å². The number of hydrogen-bond donors (Lipinski definition) is 1. The summed E-state index contributed by atoms with van der Waals surface area (Å²) in [6.07, 6.45) is 3.74. The van der Waals surface area contributed by atoms with Crippen LogP contribution < -0.4 is 5.43 Å². The molecule has 0 fully saturated rings. The summed E-state index contributed by atoms with van der Waals surface area (Å²) in [5.41, 5.74) is 3.93. The van der Waals surface area contributed by atoms with Gasteiger partial charge in [0.25, 0.3) is 0 Å². The standard InChI is InChI=1S/C10H13ClN2/c11-8-4-5-9-12-13-10-6-2-1-3-7-10/h1-3,6-7,9,13H,4-5,8H2. The second-order valence-corrected chi connectivity index (χ2v) is 3.00. The van der Waals surface area contributed by atoms with Crippen LogP contribution in [0.25, 0.3) is 0 Å². The number of rotatable bonds is 5. The highest BCUT2D eigenvalue weighted by molar-refractivity contribution is 6.17. The lowest BCUT2D eigenvalue weighted by Gasteiger charge is -1.97. The number of anilines is 1. The molecule has 1 rings (SSSR count). The van der Waals surface area contributed by atoms with Crippen LogP contribution in [0.1, 0.15) is 12.8 Å². The van der Waals surface area contributed by atoms with Gasteiger partial charge in [-0.15, -0.1) is 11.6 Å². The molecule has 2 nitrogen and oxygen atoms in total. The van der Waals surface area contributed by atoms with Gasteiger partial charge in [-0.1, -0.05) is 18.2 Å². The van der Waals surface area contributed by atoms with E-state index in [1.807, 2.05) is 36.5 Å². The van der Waals surface area contributed by atoms with E-state index in [2.05, 4.69) is 10.5 Å². The Morgan fingerprint density at radius 1 is 1.31 bits per heavy atom. The van der Waals surface area contributed by atoms with Gasteiger partial charge in [0.15, 0.2) is 0 Å². The molecule has 0 unspecified atom stereocenters. The van der Waals surface area contributed by atoms with Gasteiger partial charge in [0.1, 0.15) is 0 Å². The van der Waals surface area contributed by atoms with Gasteiger partial charge in [0.05, 0.1) is 5.69 Å². The first kappa shape index (κ1) is 10.1. The van der Waals surface area contributed by atoms with Crippen LogP contribution in [0.4, 0.5) is 5.69 Å². The molecule has 0 amide bonds. The Kier molecular flexibility index (Phi) is 5.02. The Labute approximate surface area is 83.6 Å². The van der Waals surface area contributed by atoms with Crippen LogP contribution in [0, 0.1) is 0 Å². The lowest BCUT2D eigenvalue weighted by Crippen LogP contribution is -1.88. The number of halogens is 1. The van der Waals surface area contributed by atoms with E-state index in [1.54, 1.807) is 0 Å². The minimum absolute atomic E-state index is 0.692. The van der Waals surface area contributed by atoms with Crippen molar-refractivity contribution in [3.63, 3.8) is 0 Å². The van der Waals surface area contributed by atoms with Gasteiger partial charge in [0, 0.05) is 12.1 Å². The number of benzene rings is 1. The molecule has 0 aromatic heterocycles. The second kappa shape index (κ2) is 6.49. The zero-order valence-electron chi connectivity index (χ0n) is 7.41. The predicted molar refractivity (Wildman–Crippen MR) is 58.5 cm³/mol. The molecule has 3 heteroatoms. The van der Waals surface area contributed by atoms with E-state index in [4.69, 9.17) is 11.6 Å². The average Bonchev–Trinajstić information content (AvgIpc) is 2.19. The lowest BCUT2D eigenvalue weighted by atomic mass is 10.3. The van der Waals surface area contributed by atoms with Gasteiger partial charge in [-0.2, -0.15) is 5.10 Å². The number of unbranched alkanes of at least 4 members (excludes halogenated alkanes) is 1. The third-order valence-electron chi connectivity index (χ3n) is 1.53. The lowest BCUT2D eigenvalue weighted by molar-refractivity contribution is 1.01. The highest BCUT2D eigenvalue weighted by atomic mass is 35.5. The Bertz CT molecular complexity index is 246. The molecule has 1 aromatic rings. The van der Waals surface area contributed by atoms with Gasteiger partial charge in [-0.25, -0.2) is 0 Å². The molecule has 1 aromatic carbocycles. The predicted octanol–water partition coefficient (Wildman–Crippen LogP) is 3.10. The summed E-state index contributed by atoms with van der Waals surface area (Å²) >= 11 is 5.52. The maximum absolute atomic E-state index is 5.52. The molecule has 0 spiro atoms. The molecule has 0 aliphatic carbocycles. The molecule has 0 heterocycles. The number of alkyl halides is 1. The van der Waals surface area contributed by atoms with E-state index < -0.39 is 0 Å². The Morgan fingerprint density at radius 2 is 2.08 bits per heavy atom. The molecule has 0 aliphatic heterocycles. The van der Waals surface area contributed by atoms with Gasteiger partial charge in [-0.3, -0.25) is 5.43 Å². The van der Waals surface area contributed by atoms with Crippen LogP contribution in [0.3, 0.4) is 0 Å². The summed E-state index contributed by atoms with van der Waals surface area (Å²) in [5.74, 6) is 0.692. The number of nitrogens with zero attached hydrogens (tertiary/aromatic N) is 1. The van der Waals surface area contributed by atoms with E-state index in [9.17, 15) is 0 Å². The largest absolute Gasteiger partial charge is 0.279 e. The first-order chi connectivity index (χ1) is 6.43. The van der Waals surface area contributed by atoms with Crippen LogP contribution in [0.5, 0.6) is 0 Å². The van der Waals surface area contributed by atoms with Crippen molar-refractivity contribution in [2.45, 2.75) is 12.8 Å². The maximum Gasteiger partial charge on any atom is 0.0561 e. The number of para-hydroxylation sites is 1. The van der Waals surface area contributed by atoms with Gasteiger partial charge < -0.3 is 0 Å². The summed E-state index contributed by atoms with van der Waals surface area (Å²) in [6.45, 7) is 0. The number of hydrazone groups is 1. The van der Waals surface area contributed by atoms with Crippen molar-refractivity contribution in [1.82, 2.24) is 0 Å². The fourth-order valence-electron chi connectivity index (χ4n) is 0.866. The van der Waals surface area contributed by atoms with Crippen LogP contribution >= 0.6 is 11.6 Å². The van der Waals surface area contributed by atoms with Gasteiger partial charge in [-0.05, 0) is 25.0 Å². The number of hydrogen-bond acceptors (Lipinski definition) is 2. The third kappa shape index (κ3) is 4.53. The molecule has 0 atom stereocenters. The van der Waals surface area contributed by atoms with E-state index in [-0.39, 0.29) is 0 Å². The van der Waals surface area contributed by atoms with E-state index in [1.165, 1.54) is 0 Å². The normalized spacial score (nSPS) is 10.5. The molecular formula is C10H13ClN2. The molecule has 0 aliphatic rings. The Balaban J connectivity index is 2.23. The fourth-order valence-corrected chi connectivity index (χ4v) is 1.02. The third-order valence-corrected chi connectivity index (χ3v) is 1.79. The highest BCUT2D eigenvalue weighted by Gasteiger charge is 1.83. The zero-order valence-corrected chi connectivity index (χ0v) is 8.17. The van der Waals surface area contributed by atoms with Crippen molar-refractivity contribution < 1.29 is 0 Å². The smallest absolute Gasteiger partial charge is 0.0561 e. The van der Waals surface area contributed by atoms with Crippen LogP contribution in [0.15, 0.2) is 35.4 Å². The van der Waals surface area contributed by atoms with Crippen molar-refractivity contribution in [1.29, 1.82) is 0 Å². The Morgan fingerprint density at radius 3 is 2.77 bits per heavy atom. The maximum atomic E-state index is 5.52. The highest BCUT2D eigenvalue weighted by Crippen LogP contribution is 2.03. The van der Waals surface area contributed by atoms with Crippen LogP contribution in [-0.4, -0.2) is 12.1 Å². The molecular weight excluding hydrogens is 184 g/mol. The van der Waals surface area contributed by atoms with Crippen molar-refractivity contribution in [3.05, 3.63) is 30.3 Å². The molecule has 1 N–H and O–H groups in total. The van der Waals surface area contributed by atoms with Crippen LogP contribution in [0.2, 0.25) is 0 Å². The fraction of sp³-hybridized carbons (Fsp3) is 0.300. The minimum atomic E-state index is 0.692. The molecule has 0 bridgehead atoms. The quantitative estimate of drug-likeness (QED) is 0.333. The SMILES string of the molecule is ClCCCC=NNc1ccccc1. The Hall–Kier alpha value is -1.02. The van der Waals surface area contributed by atoms with Crippen molar-refractivity contribution in [2.24, 2.45) is 5.10 Å². The monoisotopic (exact) mass is 196 g/mol. The summed E-state index contributed by atoms with van der Waals surface area (Å²) < 4.78 is 0. The summed E-state index contributed by atoms with van der Waals surface area (Å²) in [6, 6.07) is 9.85. The van der Waals surface area contributed by atoms with Crippen LogP contribution in [-0.2, 0) is 0 Å². The molecule has 13 heavy (non-hydrogen) atoms. The molecule has 0 saturated carbocycles. The van der Waals surface area contributed by atoms with Gasteiger partial charge in [0.2, 0.25) is 0 Å². The average molecular weight is 197 g/mol.